The number of rotatable bonds is 4. The van der Waals surface area contributed by atoms with E-state index in [0.717, 1.165) is 10.1 Å². The van der Waals surface area contributed by atoms with E-state index in [4.69, 9.17) is 11.6 Å². The maximum absolute atomic E-state index is 5.80. The van der Waals surface area contributed by atoms with Gasteiger partial charge in [-0.1, -0.05) is 23.4 Å². The average Bonchev–Trinajstić information content (AvgIpc) is 2.41. The van der Waals surface area contributed by atoms with Gasteiger partial charge in [-0.25, -0.2) is 9.97 Å². The first-order valence-electron chi connectivity index (χ1n) is 5.61. The molecule has 0 spiro atoms. The molecule has 2 heterocycles. The highest BCUT2D eigenvalue weighted by Gasteiger charge is 2.05. The predicted octanol–water partition coefficient (Wildman–Crippen LogP) is 3.56. The molecule has 94 valence electrons. The lowest BCUT2D eigenvalue weighted by atomic mass is 10.1. The fourth-order valence-electron chi connectivity index (χ4n) is 1.45. The van der Waals surface area contributed by atoms with Crippen LogP contribution in [-0.4, -0.2) is 17.0 Å². The number of halogens is 1. The van der Waals surface area contributed by atoms with Gasteiger partial charge in [-0.3, -0.25) is 0 Å². The smallest absolute Gasteiger partial charge is 0.102 e. The number of aromatic nitrogens is 2. The van der Waals surface area contributed by atoms with Crippen LogP contribution < -0.4 is 5.32 Å². The van der Waals surface area contributed by atoms with Crippen LogP contribution in [0.5, 0.6) is 0 Å². The Bertz CT molecular complexity index is 516. The summed E-state index contributed by atoms with van der Waals surface area (Å²) >= 11 is 7.33. The van der Waals surface area contributed by atoms with Crippen LogP contribution in [0, 0.1) is 0 Å². The van der Waals surface area contributed by atoms with Gasteiger partial charge in [0.15, 0.2) is 0 Å². The van der Waals surface area contributed by atoms with E-state index in [0.29, 0.717) is 11.1 Å². The molecule has 0 aromatic carbocycles. The lowest BCUT2D eigenvalue weighted by molar-refractivity contribution is 0.649. The van der Waals surface area contributed by atoms with Crippen LogP contribution in [0.1, 0.15) is 18.5 Å². The molecule has 0 bridgehead atoms. The maximum atomic E-state index is 5.80. The Kier molecular flexibility index (Phi) is 4.58. The van der Waals surface area contributed by atoms with Gasteiger partial charge in [0.05, 0.1) is 5.02 Å². The molecular formula is C13H14ClN3S. The Morgan fingerprint density at radius 1 is 1.22 bits per heavy atom. The number of hydrogen-bond donors (Lipinski definition) is 1. The molecule has 1 atom stereocenters. The quantitative estimate of drug-likeness (QED) is 0.929. The van der Waals surface area contributed by atoms with Crippen molar-refractivity contribution in [2.75, 3.05) is 7.05 Å². The number of pyridine rings is 2. The van der Waals surface area contributed by atoms with E-state index in [1.165, 1.54) is 17.3 Å². The van der Waals surface area contributed by atoms with Gasteiger partial charge >= 0.3 is 0 Å². The molecule has 0 saturated heterocycles. The molecule has 5 heteroatoms. The van der Waals surface area contributed by atoms with Crippen LogP contribution in [0.25, 0.3) is 0 Å². The first-order valence-corrected chi connectivity index (χ1v) is 6.81. The maximum Gasteiger partial charge on any atom is 0.102 e. The molecule has 0 aliphatic heterocycles. The summed E-state index contributed by atoms with van der Waals surface area (Å²) in [5.74, 6) is 0. The molecular weight excluding hydrogens is 266 g/mol. The van der Waals surface area contributed by atoms with Crippen LogP contribution in [-0.2, 0) is 0 Å². The molecule has 1 N–H and O–H groups in total. The zero-order valence-corrected chi connectivity index (χ0v) is 11.8. The molecule has 0 saturated carbocycles. The van der Waals surface area contributed by atoms with Crippen molar-refractivity contribution in [3.8, 4) is 0 Å². The first kappa shape index (κ1) is 13.3. The third-order valence-corrected chi connectivity index (χ3v) is 3.71. The van der Waals surface area contributed by atoms with Crippen LogP contribution in [0.15, 0.2) is 46.7 Å². The van der Waals surface area contributed by atoms with E-state index in [2.05, 4.69) is 28.3 Å². The summed E-state index contributed by atoms with van der Waals surface area (Å²) in [5.41, 5.74) is 1.21. The van der Waals surface area contributed by atoms with Gasteiger partial charge in [0.1, 0.15) is 10.1 Å². The minimum Gasteiger partial charge on any atom is -0.313 e. The molecule has 18 heavy (non-hydrogen) atoms. The zero-order chi connectivity index (χ0) is 13.0. The normalized spacial score (nSPS) is 12.4. The topological polar surface area (TPSA) is 37.8 Å². The summed E-state index contributed by atoms with van der Waals surface area (Å²) in [6.07, 6.45) is 3.46. The highest BCUT2D eigenvalue weighted by atomic mass is 35.5. The van der Waals surface area contributed by atoms with E-state index in [9.17, 15) is 0 Å². The summed E-state index contributed by atoms with van der Waals surface area (Å²) in [6.45, 7) is 2.12. The summed E-state index contributed by atoms with van der Waals surface area (Å²) < 4.78 is 0. The second kappa shape index (κ2) is 6.18. The predicted molar refractivity (Wildman–Crippen MR) is 75.1 cm³/mol. The summed E-state index contributed by atoms with van der Waals surface area (Å²) in [7, 11) is 1.94. The largest absolute Gasteiger partial charge is 0.313 e. The molecule has 1 unspecified atom stereocenters. The molecule has 2 rings (SSSR count). The van der Waals surface area contributed by atoms with Crippen molar-refractivity contribution in [2.24, 2.45) is 0 Å². The third-order valence-electron chi connectivity index (χ3n) is 2.60. The highest BCUT2D eigenvalue weighted by Crippen LogP contribution is 2.26. The van der Waals surface area contributed by atoms with Gasteiger partial charge in [-0.05, 0) is 43.8 Å². The van der Waals surface area contributed by atoms with Gasteiger partial charge in [0.25, 0.3) is 0 Å². The highest BCUT2D eigenvalue weighted by molar-refractivity contribution is 7.99. The van der Waals surface area contributed by atoms with Gasteiger partial charge in [0, 0.05) is 18.4 Å². The van der Waals surface area contributed by atoms with Crippen molar-refractivity contribution in [1.29, 1.82) is 0 Å². The monoisotopic (exact) mass is 279 g/mol. The Morgan fingerprint density at radius 3 is 2.72 bits per heavy atom. The summed E-state index contributed by atoms with van der Waals surface area (Å²) in [5, 5.41) is 5.68. The number of hydrogen-bond acceptors (Lipinski definition) is 4. The second-order valence-electron chi connectivity index (χ2n) is 3.85. The van der Waals surface area contributed by atoms with E-state index in [-0.39, 0.29) is 0 Å². The molecule has 0 amide bonds. The lowest BCUT2D eigenvalue weighted by Crippen LogP contribution is -2.12. The Hall–Kier alpha value is -1.10. The summed E-state index contributed by atoms with van der Waals surface area (Å²) in [4.78, 5) is 8.58. The Balaban J connectivity index is 2.16. The summed E-state index contributed by atoms with van der Waals surface area (Å²) in [6, 6.07) is 8.12. The van der Waals surface area contributed by atoms with Gasteiger partial charge in [-0.15, -0.1) is 0 Å². The van der Waals surface area contributed by atoms with Crippen molar-refractivity contribution in [3.05, 3.63) is 47.2 Å². The molecule has 3 nitrogen and oxygen atoms in total. The molecule has 2 aromatic rings. The van der Waals surface area contributed by atoms with Crippen molar-refractivity contribution >= 4 is 23.4 Å². The van der Waals surface area contributed by atoms with Crippen molar-refractivity contribution in [2.45, 2.75) is 23.0 Å². The van der Waals surface area contributed by atoms with E-state index >= 15 is 0 Å². The second-order valence-corrected chi connectivity index (χ2v) is 5.33. The average molecular weight is 280 g/mol. The van der Waals surface area contributed by atoms with Crippen molar-refractivity contribution in [3.63, 3.8) is 0 Å². The SMILES string of the molecule is CNC(C)c1ccnc(Sc2ccc(Cl)cn2)c1. The van der Waals surface area contributed by atoms with Crippen LogP contribution in [0.4, 0.5) is 0 Å². The minimum atomic E-state index is 0.311. The number of nitrogens with one attached hydrogen (secondary N) is 1. The van der Waals surface area contributed by atoms with Gasteiger partial charge in [0.2, 0.25) is 0 Å². The van der Waals surface area contributed by atoms with Crippen molar-refractivity contribution in [1.82, 2.24) is 15.3 Å². The standard InChI is InChI=1S/C13H14ClN3S/c1-9(15-2)10-5-6-16-13(7-10)18-12-4-3-11(14)8-17-12/h3-9,15H,1-2H3. The molecule has 0 radical (unpaired) electrons. The van der Waals surface area contributed by atoms with Gasteiger partial charge in [-0.2, -0.15) is 0 Å². The molecule has 0 aliphatic carbocycles. The third kappa shape index (κ3) is 3.45. The molecule has 0 aliphatic rings. The number of nitrogens with zero attached hydrogens (tertiary/aromatic N) is 2. The van der Waals surface area contributed by atoms with Crippen LogP contribution in [0.3, 0.4) is 0 Å². The van der Waals surface area contributed by atoms with Gasteiger partial charge < -0.3 is 5.32 Å². The molecule has 0 fully saturated rings. The molecule has 2 aromatic heterocycles. The van der Waals surface area contributed by atoms with E-state index in [1.807, 2.05) is 31.4 Å². The fraction of sp³-hybridized carbons (Fsp3) is 0.231. The Morgan fingerprint density at radius 2 is 2.06 bits per heavy atom. The van der Waals surface area contributed by atoms with Crippen molar-refractivity contribution < 1.29 is 0 Å². The lowest BCUT2D eigenvalue weighted by Gasteiger charge is -2.11. The minimum absolute atomic E-state index is 0.311. The Labute approximate surface area is 116 Å². The van der Waals surface area contributed by atoms with Crippen LogP contribution in [0.2, 0.25) is 5.02 Å². The first-order chi connectivity index (χ1) is 8.69. The van der Waals surface area contributed by atoms with E-state index in [1.54, 1.807) is 6.20 Å². The fourth-order valence-corrected chi connectivity index (χ4v) is 2.32. The van der Waals surface area contributed by atoms with Crippen LogP contribution >= 0.6 is 23.4 Å². The zero-order valence-electron chi connectivity index (χ0n) is 10.2. The van der Waals surface area contributed by atoms with E-state index < -0.39 is 0 Å².